The predicted molar refractivity (Wildman–Crippen MR) is 69.0 cm³/mol. The van der Waals surface area contributed by atoms with Crippen LogP contribution in [0.25, 0.3) is 0 Å². The van der Waals surface area contributed by atoms with Crippen LogP contribution in [-0.4, -0.2) is 26.4 Å². The maximum absolute atomic E-state index is 11.0. The SMILES string of the molecule is CCC(N)(CCCn1cc(I)cn1)C(=O)O. The standard InChI is InChI=1S/C10H16IN3O2/c1-2-10(12,9(15)16)4-3-5-14-7-8(11)6-13-14/h6-7H,2-5,12H2,1H3,(H,15,16). The summed E-state index contributed by atoms with van der Waals surface area (Å²) in [6, 6.07) is 0. The quantitative estimate of drug-likeness (QED) is 0.770. The van der Waals surface area contributed by atoms with Gasteiger partial charge in [0.2, 0.25) is 0 Å². The second kappa shape index (κ2) is 5.62. The first-order valence-electron chi connectivity index (χ1n) is 5.18. The number of halogens is 1. The van der Waals surface area contributed by atoms with Crippen molar-refractivity contribution < 1.29 is 9.90 Å². The summed E-state index contributed by atoms with van der Waals surface area (Å²) in [6.45, 7) is 2.50. The lowest BCUT2D eigenvalue weighted by Crippen LogP contribution is -2.47. The Morgan fingerprint density at radius 2 is 2.44 bits per heavy atom. The minimum absolute atomic E-state index is 0.443. The molecule has 1 rings (SSSR count). The van der Waals surface area contributed by atoms with Crippen LogP contribution in [0.2, 0.25) is 0 Å². The summed E-state index contributed by atoms with van der Waals surface area (Å²) < 4.78 is 2.88. The normalized spacial score (nSPS) is 14.7. The number of nitrogens with two attached hydrogens (primary N) is 1. The fourth-order valence-electron chi connectivity index (χ4n) is 1.45. The van der Waals surface area contributed by atoms with Crippen molar-refractivity contribution in [2.45, 2.75) is 38.3 Å². The van der Waals surface area contributed by atoms with Gasteiger partial charge in [0.05, 0.1) is 9.77 Å². The van der Waals surface area contributed by atoms with Crippen molar-refractivity contribution in [3.05, 3.63) is 16.0 Å². The molecule has 1 aromatic rings. The summed E-state index contributed by atoms with van der Waals surface area (Å²) in [5.41, 5.74) is 4.68. The van der Waals surface area contributed by atoms with Gasteiger partial charge >= 0.3 is 5.97 Å². The molecule has 0 aromatic carbocycles. The van der Waals surface area contributed by atoms with Crippen molar-refractivity contribution >= 4 is 28.6 Å². The van der Waals surface area contributed by atoms with Gasteiger partial charge in [0, 0.05) is 12.7 Å². The van der Waals surface area contributed by atoms with Crippen molar-refractivity contribution in [2.24, 2.45) is 5.73 Å². The Bertz CT molecular complexity index is 367. The van der Waals surface area contributed by atoms with Crippen LogP contribution in [0.4, 0.5) is 0 Å². The largest absolute Gasteiger partial charge is 0.480 e. The molecule has 5 nitrogen and oxygen atoms in total. The monoisotopic (exact) mass is 337 g/mol. The van der Waals surface area contributed by atoms with E-state index >= 15 is 0 Å². The molecule has 1 aromatic heterocycles. The van der Waals surface area contributed by atoms with Crippen molar-refractivity contribution in [2.75, 3.05) is 0 Å². The Balaban J connectivity index is 2.43. The number of hydrogen-bond acceptors (Lipinski definition) is 3. The Labute approximate surface area is 108 Å². The molecule has 0 aliphatic carbocycles. The molecule has 0 spiro atoms. The molecule has 0 aliphatic rings. The average molecular weight is 337 g/mol. The van der Waals surface area contributed by atoms with Gasteiger partial charge in [-0.3, -0.25) is 9.48 Å². The highest BCUT2D eigenvalue weighted by atomic mass is 127. The second-order valence-corrected chi connectivity index (χ2v) is 5.09. The molecule has 0 saturated heterocycles. The van der Waals surface area contributed by atoms with E-state index in [0.29, 0.717) is 25.8 Å². The number of carboxylic acid groups (broad SMARTS) is 1. The third kappa shape index (κ3) is 3.44. The fourth-order valence-corrected chi connectivity index (χ4v) is 1.90. The average Bonchev–Trinajstić information content (AvgIpc) is 2.63. The molecule has 90 valence electrons. The lowest BCUT2D eigenvalue weighted by molar-refractivity contribution is -0.143. The van der Waals surface area contributed by atoms with Crippen molar-refractivity contribution in [1.82, 2.24) is 9.78 Å². The summed E-state index contributed by atoms with van der Waals surface area (Å²) in [6.07, 6.45) is 5.32. The van der Waals surface area contributed by atoms with Crippen LogP contribution in [0.3, 0.4) is 0 Å². The maximum atomic E-state index is 11.0. The summed E-state index contributed by atoms with van der Waals surface area (Å²) in [5, 5.41) is 13.1. The Morgan fingerprint density at radius 3 is 2.88 bits per heavy atom. The molecule has 0 saturated carbocycles. The first kappa shape index (κ1) is 13.4. The number of carbonyl (C=O) groups is 1. The van der Waals surface area contributed by atoms with Gasteiger partial charge in [0.25, 0.3) is 0 Å². The molecular weight excluding hydrogens is 321 g/mol. The zero-order valence-electron chi connectivity index (χ0n) is 9.19. The molecule has 1 heterocycles. The molecule has 0 fully saturated rings. The van der Waals surface area contributed by atoms with Crippen molar-refractivity contribution in [3.8, 4) is 0 Å². The Morgan fingerprint density at radius 1 is 1.75 bits per heavy atom. The van der Waals surface area contributed by atoms with Crippen LogP contribution in [0.1, 0.15) is 26.2 Å². The molecule has 16 heavy (non-hydrogen) atoms. The van der Waals surface area contributed by atoms with Crippen LogP contribution >= 0.6 is 22.6 Å². The van der Waals surface area contributed by atoms with Gasteiger partial charge in [0.1, 0.15) is 5.54 Å². The zero-order chi connectivity index (χ0) is 12.2. The first-order chi connectivity index (χ1) is 7.48. The topological polar surface area (TPSA) is 81.1 Å². The third-order valence-electron chi connectivity index (χ3n) is 2.67. The molecule has 0 amide bonds. The van der Waals surface area contributed by atoms with E-state index in [1.165, 1.54) is 0 Å². The number of rotatable bonds is 6. The van der Waals surface area contributed by atoms with E-state index < -0.39 is 11.5 Å². The van der Waals surface area contributed by atoms with E-state index in [0.717, 1.165) is 3.57 Å². The van der Waals surface area contributed by atoms with E-state index in [-0.39, 0.29) is 0 Å². The van der Waals surface area contributed by atoms with Crippen molar-refractivity contribution in [3.63, 3.8) is 0 Å². The lowest BCUT2D eigenvalue weighted by atomic mass is 9.92. The Kier molecular flexibility index (Phi) is 4.72. The van der Waals surface area contributed by atoms with E-state index in [4.69, 9.17) is 10.8 Å². The highest BCUT2D eigenvalue weighted by molar-refractivity contribution is 14.1. The van der Waals surface area contributed by atoms with Gasteiger partial charge in [-0.25, -0.2) is 0 Å². The lowest BCUT2D eigenvalue weighted by Gasteiger charge is -2.22. The van der Waals surface area contributed by atoms with Gasteiger partial charge < -0.3 is 10.8 Å². The van der Waals surface area contributed by atoms with Gasteiger partial charge in [-0.1, -0.05) is 6.92 Å². The maximum Gasteiger partial charge on any atom is 0.323 e. The summed E-state index contributed by atoms with van der Waals surface area (Å²) in [5.74, 6) is -0.926. The molecule has 0 radical (unpaired) electrons. The van der Waals surface area contributed by atoms with Gasteiger partial charge in [-0.2, -0.15) is 5.10 Å². The molecule has 1 atom stereocenters. The van der Waals surface area contributed by atoms with E-state index in [9.17, 15) is 4.79 Å². The molecular formula is C10H16IN3O2. The van der Waals surface area contributed by atoms with Crippen LogP contribution < -0.4 is 5.73 Å². The molecule has 1 unspecified atom stereocenters. The highest BCUT2D eigenvalue weighted by Crippen LogP contribution is 2.15. The first-order valence-corrected chi connectivity index (χ1v) is 6.26. The number of nitrogens with zero attached hydrogens (tertiary/aromatic N) is 2. The van der Waals surface area contributed by atoms with Crippen LogP contribution in [-0.2, 0) is 11.3 Å². The number of aromatic nitrogens is 2. The molecule has 3 N–H and O–H groups in total. The smallest absolute Gasteiger partial charge is 0.323 e. The number of hydrogen-bond donors (Lipinski definition) is 2. The fraction of sp³-hybridized carbons (Fsp3) is 0.600. The van der Waals surface area contributed by atoms with Crippen LogP contribution in [0.5, 0.6) is 0 Å². The van der Waals surface area contributed by atoms with E-state index in [2.05, 4.69) is 27.7 Å². The minimum atomic E-state index is -1.10. The van der Waals surface area contributed by atoms with Crippen LogP contribution in [0, 0.1) is 3.57 Å². The Hall–Kier alpha value is -0.630. The van der Waals surface area contributed by atoms with Gasteiger partial charge in [0.15, 0.2) is 0 Å². The summed E-state index contributed by atoms with van der Waals surface area (Å²) in [7, 11) is 0. The van der Waals surface area contributed by atoms with Crippen molar-refractivity contribution in [1.29, 1.82) is 0 Å². The predicted octanol–water partition coefficient (Wildman–Crippen LogP) is 1.46. The number of aryl methyl sites for hydroxylation is 1. The second-order valence-electron chi connectivity index (χ2n) is 3.84. The van der Waals surface area contributed by atoms with E-state index in [1.807, 2.05) is 6.20 Å². The number of carboxylic acids is 1. The van der Waals surface area contributed by atoms with E-state index in [1.54, 1.807) is 17.8 Å². The highest BCUT2D eigenvalue weighted by Gasteiger charge is 2.30. The molecule has 6 heteroatoms. The molecule has 0 aliphatic heterocycles. The van der Waals surface area contributed by atoms with Gasteiger partial charge in [-0.15, -0.1) is 0 Å². The zero-order valence-corrected chi connectivity index (χ0v) is 11.3. The van der Waals surface area contributed by atoms with Gasteiger partial charge in [-0.05, 0) is 41.9 Å². The third-order valence-corrected chi connectivity index (χ3v) is 3.23. The number of aliphatic carboxylic acids is 1. The van der Waals surface area contributed by atoms with Crippen LogP contribution in [0.15, 0.2) is 12.4 Å². The summed E-state index contributed by atoms with van der Waals surface area (Å²) >= 11 is 2.18. The molecule has 0 bridgehead atoms. The summed E-state index contributed by atoms with van der Waals surface area (Å²) in [4.78, 5) is 11.0. The minimum Gasteiger partial charge on any atom is -0.480 e.